The quantitative estimate of drug-likeness (QED) is 0.756. The summed E-state index contributed by atoms with van der Waals surface area (Å²) in [6.45, 7) is 2.48. The molecular weight excluding hydrogens is 302 g/mol. The van der Waals surface area contributed by atoms with Crippen molar-refractivity contribution < 1.29 is 5.11 Å². The molecule has 1 aromatic carbocycles. The van der Waals surface area contributed by atoms with Crippen molar-refractivity contribution in [1.29, 1.82) is 0 Å². The van der Waals surface area contributed by atoms with E-state index in [-0.39, 0.29) is 0 Å². The van der Waals surface area contributed by atoms with E-state index in [4.69, 9.17) is 11.6 Å². The van der Waals surface area contributed by atoms with Crippen molar-refractivity contribution in [3.63, 3.8) is 0 Å². The van der Waals surface area contributed by atoms with Crippen LogP contribution in [0, 0.1) is 6.92 Å². The molecule has 3 aromatic rings. The van der Waals surface area contributed by atoms with E-state index in [9.17, 15) is 5.11 Å². The van der Waals surface area contributed by atoms with Crippen LogP contribution in [0.1, 0.15) is 23.8 Å². The van der Waals surface area contributed by atoms with Crippen LogP contribution in [0.25, 0.3) is 5.78 Å². The number of aryl methyl sites for hydroxylation is 1. The standard InChI is InChI=1S/C15H16ClN5O/c1-10-8-14(21-15(20-10)18-9-19-21)17-7-6-13(22)11-4-2-3-5-12(11)16/h2-5,8-9,13,17,22H,6-7H2,1H3/t13-/m0/s1. The number of nitrogens with one attached hydrogen (secondary N) is 1. The smallest absolute Gasteiger partial charge is 0.254 e. The summed E-state index contributed by atoms with van der Waals surface area (Å²) in [5, 5.41) is 18.2. The van der Waals surface area contributed by atoms with Gasteiger partial charge in [-0.25, -0.2) is 4.98 Å². The highest BCUT2D eigenvalue weighted by Gasteiger charge is 2.11. The third kappa shape index (κ3) is 3.03. The Hall–Kier alpha value is -2.18. The van der Waals surface area contributed by atoms with E-state index in [1.165, 1.54) is 6.33 Å². The monoisotopic (exact) mass is 317 g/mol. The molecule has 0 aliphatic carbocycles. The lowest BCUT2D eigenvalue weighted by molar-refractivity contribution is 0.171. The van der Waals surface area contributed by atoms with Crippen LogP contribution < -0.4 is 5.32 Å². The van der Waals surface area contributed by atoms with E-state index in [1.54, 1.807) is 10.6 Å². The number of fused-ring (bicyclic) bond motifs is 1. The molecule has 7 heteroatoms. The Morgan fingerprint density at radius 3 is 3.00 bits per heavy atom. The van der Waals surface area contributed by atoms with Gasteiger partial charge in [0.05, 0.1) is 6.10 Å². The van der Waals surface area contributed by atoms with E-state index >= 15 is 0 Å². The molecule has 0 saturated heterocycles. The van der Waals surface area contributed by atoms with Gasteiger partial charge in [-0.3, -0.25) is 0 Å². The van der Waals surface area contributed by atoms with Crippen molar-refractivity contribution in [3.05, 3.63) is 52.9 Å². The molecule has 6 nitrogen and oxygen atoms in total. The van der Waals surface area contributed by atoms with Crippen LogP contribution >= 0.6 is 11.6 Å². The SMILES string of the molecule is Cc1cc(NCC[C@H](O)c2ccccc2Cl)n2ncnc2n1. The topological polar surface area (TPSA) is 75.3 Å². The summed E-state index contributed by atoms with van der Waals surface area (Å²) in [7, 11) is 0. The van der Waals surface area contributed by atoms with Gasteiger partial charge in [0, 0.05) is 23.3 Å². The molecule has 22 heavy (non-hydrogen) atoms. The van der Waals surface area contributed by atoms with Gasteiger partial charge in [-0.1, -0.05) is 29.8 Å². The lowest BCUT2D eigenvalue weighted by atomic mass is 10.1. The van der Waals surface area contributed by atoms with Crippen LogP contribution in [-0.4, -0.2) is 31.2 Å². The molecule has 0 saturated carbocycles. The van der Waals surface area contributed by atoms with Gasteiger partial charge in [-0.2, -0.15) is 14.6 Å². The number of rotatable bonds is 5. The summed E-state index contributed by atoms with van der Waals surface area (Å²) in [4.78, 5) is 8.36. The summed E-state index contributed by atoms with van der Waals surface area (Å²) >= 11 is 6.09. The lowest BCUT2D eigenvalue weighted by Gasteiger charge is -2.14. The third-order valence-corrected chi connectivity index (χ3v) is 3.71. The van der Waals surface area contributed by atoms with Crippen LogP contribution in [0.4, 0.5) is 5.82 Å². The van der Waals surface area contributed by atoms with E-state index < -0.39 is 6.10 Å². The third-order valence-electron chi connectivity index (χ3n) is 3.37. The van der Waals surface area contributed by atoms with Crippen molar-refractivity contribution in [2.75, 3.05) is 11.9 Å². The van der Waals surface area contributed by atoms with E-state index in [1.807, 2.05) is 31.2 Å². The Morgan fingerprint density at radius 1 is 1.36 bits per heavy atom. The predicted octanol–water partition coefficient (Wildman–Crippen LogP) is 2.62. The van der Waals surface area contributed by atoms with Crippen molar-refractivity contribution in [2.24, 2.45) is 0 Å². The van der Waals surface area contributed by atoms with Crippen molar-refractivity contribution >= 4 is 23.2 Å². The maximum absolute atomic E-state index is 10.2. The summed E-state index contributed by atoms with van der Waals surface area (Å²) in [5.74, 6) is 1.35. The fourth-order valence-corrected chi connectivity index (χ4v) is 2.56. The second kappa shape index (κ2) is 6.29. The Morgan fingerprint density at radius 2 is 2.18 bits per heavy atom. The highest BCUT2D eigenvalue weighted by Crippen LogP contribution is 2.24. The van der Waals surface area contributed by atoms with Crippen LogP contribution in [-0.2, 0) is 0 Å². The summed E-state index contributed by atoms with van der Waals surface area (Å²) in [6, 6.07) is 9.21. The van der Waals surface area contributed by atoms with Crippen molar-refractivity contribution in [2.45, 2.75) is 19.4 Å². The minimum absolute atomic E-state index is 0.529. The van der Waals surface area contributed by atoms with Crippen LogP contribution in [0.3, 0.4) is 0 Å². The van der Waals surface area contributed by atoms with Gasteiger partial charge >= 0.3 is 0 Å². The number of anilines is 1. The minimum atomic E-state index is -0.615. The van der Waals surface area contributed by atoms with Gasteiger partial charge in [0.1, 0.15) is 12.1 Å². The number of hydrogen-bond acceptors (Lipinski definition) is 5. The molecule has 1 atom stereocenters. The van der Waals surface area contributed by atoms with Gasteiger partial charge in [0.15, 0.2) is 0 Å². The maximum atomic E-state index is 10.2. The maximum Gasteiger partial charge on any atom is 0.254 e. The summed E-state index contributed by atoms with van der Waals surface area (Å²) < 4.78 is 1.63. The Labute approximate surface area is 132 Å². The first kappa shape index (κ1) is 14.7. The Kier molecular flexibility index (Phi) is 4.22. The van der Waals surface area contributed by atoms with Gasteiger partial charge in [0.25, 0.3) is 5.78 Å². The highest BCUT2D eigenvalue weighted by atomic mass is 35.5. The summed E-state index contributed by atoms with van der Waals surface area (Å²) in [5.41, 5.74) is 1.59. The molecule has 0 radical (unpaired) electrons. The fourth-order valence-electron chi connectivity index (χ4n) is 2.29. The molecule has 0 fully saturated rings. The molecular formula is C15H16ClN5O. The number of aliphatic hydroxyl groups is 1. The number of aliphatic hydroxyl groups excluding tert-OH is 1. The number of halogens is 1. The first-order chi connectivity index (χ1) is 10.6. The zero-order chi connectivity index (χ0) is 15.5. The van der Waals surface area contributed by atoms with Crippen molar-refractivity contribution in [3.8, 4) is 0 Å². The fraction of sp³-hybridized carbons (Fsp3) is 0.267. The molecule has 2 N–H and O–H groups in total. The molecule has 114 valence electrons. The van der Waals surface area contributed by atoms with Crippen molar-refractivity contribution in [1.82, 2.24) is 19.6 Å². The molecule has 2 heterocycles. The molecule has 0 aliphatic heterocycles. The van der Waals surface area contributed by atoms with E-state index in [0.717, 1.165) is 17.1 Å². The Balaban J connectivity index is 1.67. The molecule has 3 rings (SSSR count). The van der Waals surface area contributed by atoms with Crippen LogP contribution in [0.5, 0.6) is 0 Å². The van der Waals surface area contributed by atoms with Crippen LogP contribution in [0.15, 0.2) is 36.7 Å². The average molecular weight is 318 g/mol. The summed E-state index contributed by atoms with van der Waals surface area (Å²) in [6.07, 6.45) is 1.38. The molecule has 0 unspecified atom stereocenters. The Bertz CT molecular complexity index is 788. The largest absolute Gasteiger partial charge is 0.388 e. The van der Waals surface area contributed by atoms with Gasteiger partial charge in [-0.05, 0) is 25.0 Å². The number of nitrogens with zero attached hydrogens (tertiary/aromatic N) is 4. The molecule has 0 amide bonds. The average Bonchev–Trinajstić information content (AvgIpc) is 2.95. The first-order valence-corrected chi connectivity index (χ1v) is 7.36. The zero-order valence-corrected chi connectivity index (χ0v) is 12.8. The zero-order valence-electron chi connectivity index (χ0n) is 12.1. The predicted molar refractivity (Wildman–Crippen MR) is 85.0 cm³/mol. The van der Waals surface area contributed by atoms with Crippen LogP contribution in [0.2, 0.25) is 5.02 Å². The first-order valence-electron chi connectivity index (χ1n) is 6.99. The normalized spacial score (nSPS) is 12.5. The number of hydrogen-bond donors (Lipinski definition) is 2. The minimum Gasteiger partial charge on any atom is -0.388 e. The number of benzene rings is 1. The second-order valence-corrected chi connectivity index (χ2v) is 5.41. The van der Waals surface area contributed by atoms with Gasteiger partial charge in [-0.15, -0.1) is 0 Å². The number of aromatic nitrogens is 4. The highest BCUT2D eigenvalue weighted by molar-refractivity contribution is 6.31. The molecule has 0 bridgehead atoms. The molecule has 2 aromatic heterocycles. The molecule has 0 spiro atoms. The van der Waals surface area contributed by atoms with Gasteiger partial charge in [0.2, 0.25) is 0 Å². The lowest BCUT2D eigenvalue weighted by Crippen LogP contribution is -2.11. The van der Waals surface area contributed by atoms with Gasteiger partial charge < -0.3 is 10.4 Å². The van der Waals surface area contributed by atoms with E-state index in [2.05, 4.69) is 20.4 Å². The second-order valence-electron chi connectivity index (χ2n) is 5.01. The molecule has 0 aliphatic rings. The van der Waals surface area contributed by atoms with E-state index in [0.29, 0.717) is 23.8 Å².